The lowest BCUT2D eigenvalue weighted by molar-refractivity contribution is -0.132. The van der Waals surface area contributed by atoms with Crippen LogP contribution in [0.3, 0.4) is 0 Å². The minimum Gasteiger partial charge on any atom is -0.384 e. The summed E-state index contributed by atoms with van der Waals surface area (Å²) in [7, 11) is 0. The van der Waals surface area contributed by atoms with Crippen LogP contribution in [0.5, 0.6) is 0 Å². The number of rotatable bonds is 1. The summed E-state index contributed by atoms with van der Waals surface area (Å²) >= 11 is 0. The summed E-state index contributed by atoms with van der Waals surface area (Å²) < 4.78 is 0. The van der Waals surface area contributed by atoms with Crippen molar-refractivity contribution in [2.24, 2.45) is 0 Å². The molecule has 0 bridgehead atoms. The van der Waals surface area contributed by atoms with E-state index < -0.39 is 0 Å². The molecule has 2 N–H and O–H groups in total. The standard InChI is InChI=1S/C13H19N3O/c1-9-11(6-7-13(14)15-9)12-5-3-4-8-16(12)10(2)17/h6-7,12H,3-5,8H2,1-2H3,(H2,14,15)/t12-/m0/s1. The van der Waals surface area contributed by atoms with E-state index in [0.29, 0.717) is 5.82 Å². The van der Waals surface area contributed by atoms with Crippen molar-refractivity contribution >= 4 is 11.7 Å². The number of nitrogens with two attached hydrogens (primary N) is 1. The van der Waals surface area contributed by atoms with Gasteiger partial charge in [-0.05, 0) is 37.8 Å². The van der Waals surface area contributed by atoms with Gasteiger partial charge in [-0.2, -0.15) is 0 Å². The van der Waals surface area contributed by atoms with E-state index in [0.717, 1.165) is 37.1 Å². The molecule has 4 nitrogen and oxygen atoms in total. The first-order chi connectivity index (χ1) is 8.09. The van der Waals surface area contributed by atoms with Gasteiger partial charge in [0.15, 0.2) is 0 Å². The number of nitrogen functional groups attached to an aromatic ring is 1. The molecule has 92 valence electrons. The zero-order chi connectivity index (χ0) is 12.4. The van der Waals surface area contributed by atoms with Crippen molar-refractivity contribution in [2.75, 3.05) is 12.3 Å². The molecule has 1 fully saturated rings. The van der Waals surface area contributed by atoms with Crippen LogP contribution in [0.25, 0.3) is 0 Å². The number of carbonyl (C=O) groups is 1. The third kappa shape index (κ3) is 2.40. The Morgan fingerprint density at radius 3 is 2.88 bits per heavy atom. The van der Waals surface area contributed by atoms with Crippen molar-refractivity contribution in [3.05, 3.63) is 23.4 Å². The lowest BCUT2D eigenvalue weighted by Gasteiger charge is -2.35. The van der Waals surface area contributed by atoms with Gasteiger partial charge in [-0.3, -0.25) is 4.79 Å². The van der Waals surface area contributed by atoms with Gasteiger partial charge in [-0.25, -0.2) is 4.98 Å². The predicted molar refractivity (Wildman–Crippen MR) is 67.4 cm³/mol. The second-order valence-electron chi connectivity index (χ2n) is 4.63. The van der Waals surface area contributed by atoms with Gasteiger partial charge in [0.1, 0.15) is 5.82 Å². The van der Waals surface area contributed by atoms with Crippen LogP contribution in [0.2, 0.25) is 0 Å². The molecule has 1 aliphatic rings. The fourth-order valence-corrected chi connectivity index (χ4v) is 2.58. The summed E-state index contributed by atoms with van der Waals surface area (Å²) in [6, 6.07) is 3.99. The van der Waals surface area contributed by atoms with Crippen LogP contribution in [0.4, 0.5) is 5.82 Å². The minimum absolute atomic E-state index is 0.144. The normalized spacial score (nSPS) is 20.4. The van der Waals surface area contributed by atoms with Crippen molar-refractivity contribution in [1.82, 2.24) is 9.88 Å². The highest BCUT2D eigenvalue weighted by atomic mass is 16.2. The van der Waals surface area contributed by atoms with E-state index in [9.17, 15) is 4.79 Å². The lowest BCUT2D eigenvalue weighted by Crippen LogP contribution is -2.37. The van der Waals surface area contributed by atoms with Gasteiger partial charge in [0, 0.05) is 19.2 Å². The first-order valence-corrected chi connectivity index (χ1v) is 6.10. The number of piperidine rings is 1. The van der Waals surface area contributed by atoms with E-state index in [1.807, 2.05) is 24.0 Å². The SMILES string of the molecule is CC(=O)N1CCCC[C@H]1c1ccc(N)nc1C. The maximum absolute atomic E-state index is 11.6. The van der Waals surface area contributed by atoms with E-state index in [2.05, 4.69) is 4.98 Å². The third-order valence-electron chi connectivity index (χ3n) is 3.41. The summed E-state index contributed by atoms with van der Waals surface area (Å²) in [6.45, 7) is 4.45. The zero-order valence-electron chi connectivity index (χ0n) is 10.4. The van der Waals surface area contributed by atoms with Gasteiger partial charge < -0.3 is 10.6 Å². The molecule has 0 aliphatic carbocycles. The van der Waals surface area contributed by atoms with Gasteiger partial charge in [0.05, 0.1) is 6.04 Å². The molecule has 1 aromatic heterocycles. The Kier molecular flexibility index (Phi) is 3.31. The molecule has 1 atom stereocenters. The van der Waals surface area contributed by atoms with Gasteiger partial charge in [0.25, 0.3) is 0 Å². The monoisotopic (exact) mass is 233 g/mol. The number of anilines is 1. The van der Waals surface area contributed by atoms with Crippen LogP contribution in [0.15, 0.2) is 12.1 Å². The Bertz CT molecular complexity index is 431. The van der Waals surface area contributed by atoms with Crippen LogP contribution in [0, 0.1) is 6.92 Å². The molecule has 0 spiro atoms. The Morgan fingerprint density at radius 2 is 2.24 bits per heavy atom. The lowest BCUT2D eigenvalue weighted by atomic mass is 9.94. The molecule has 0 saturated carbocycles. The smallest absolute Gasteiger partial charge is 0.219 e. The summed E-state index contributed by atoms with van der Waals surface area (Å²) in [5.74, 6) is 0.683. The Hall–Kier alpha value is -1.58. The number of nitrogens with zero attached hydrogens (tertiary/aromatic N) is 2. The van der Waals surface area contributed by atoms with Crippen LogP contribution in [-0.4, -0.2) is 22.3 Å². The van der Waals surface area contributed by atoms with E-state index in [-0.39, 0.29) is 11.9 Å². The number of carbonyl (C=O) groups excluding carboxylic acids is 1. The topological polar surface area (TPSA) is 59.2 Å². The van der Waals surface area contributed by atoms with Crippen LogP contribution < -0.4 is 5.73 Å². The van der Waals surface area contributed by atoms with Gasteiger partial charge >= 0.3 is 0 Å². The number of hydrogen-bond donors (Lipinski definition) is 1. The van der Waals surface area contributed by atoms with Crippen molar-refractivity contribution < 1.29 is 4.79 Å². The molecule has 2 rings (SSSR count). The highest BCUT2D eigenvalue weighted by Crippen LogP contribution is 2.32. The average Bonchev–Trinajstić information content (AvgIpc) is 2.29. The van der Waals surface area contributed by atoms with E-state index in [4.69, 9.17) is 5.73 Å². The second kappa shape index (κ2) is 4.73. The average molecular weight is 233 g/mol. The number of aryl methyl sites for hydroxylation is 1. The summed E-state index contributed by atoms with van der Waals surface area (Å²) in [6.07, 6.45) is 3.28. The quantitative estimate of drug-likeness (QED) is 0.807. The van der Waals surface area contributed by atoms with Gasteiger partial charge in [0.2, 0.25) is 5.91 Å². The molecule has 0 unspecified atom stereocenters. The number of likely N-dealkylation sites (tertiary alicyclic amines) is 1. The molecule has 4 heteroatoms. The summed E-state index contributed by atoms with van der Waals surface area (Å²) in [4.78, 5) is 17.9. The number of amides is 1. The molecule has 1 saturated heterocycles. The van der Waals surface area contributed by atoms with E-state index in [1.165, 1.54) is 0 Å². The van der Waals surface area contributed by atoms with Crippen molar-refractivity contribution in [2.45, 2.75) is 39.2 Å². The zero-order valence-corrected chi connectivity index (χ0v) is 10.4. The molecular formula is C13H19N3O. The van der Waals surface area contributed by atoms with Crippen molar-refractivity contribution in [1.29, 1.82) is 0 Å². The van der Waals surface area contributed by atoms with E-state index >= 15 is 0 Å². The summed E-state index contributed by atoms with van der Waals surface area (Å²) in [5.41, 5.74) is 7.73. The van der Waals surface area contributed by atoms with Gasteiger partial charge in [-0.15, -0.1) is 0 Å². The van der Waals surface area contributed by atoms with Crippen LogP contribution >= 0.6 is 0 Å². The Labute approximate surface area is 102 Å². The number of pyridine rings is 1. The molecule has 0 radical (unpaired) electrons. The van der Waals surface area contributed by atoms with Gasteiger partial charge in [-0.1, -0.05) is 6.07 Å². The largest absolute Gasteiger partial charge is 0.384 e. The molecule has 17 heavy (non-hydrogen) atoms. The maximum atomic E-state index is 11.6. The Morgan fingerprint density at radius 1 is 1.47 bits per heavy atom. The highest BCUT2D eigenvalue weighted by Gasteiger charge is 2.27. The van der Waals surface area contributed by atoms with E-state index in [1.54, 1.807) is 6.92 Å². The molecule has 2 heterocycles. The predicted octanol–water partition coefficient (Wildman–Crippen LogP) is 2.05. The molecule has 0 aromatic carbocycles. The van der Waals surface area contributed by atoms with Crippen LogP contribution in [-0.2, 0) is 4.79 Å². The summed E-state index contributed by atoms with van der Waals surface area (Å²) in [5, 5.41) is 0. The fourth-order valence-electron chi connectivity index (χ4n) is 2.58. The molecule has 1 aliphatic heterocycles. The molecular weight excluding hydrogens is 214 g/mol. The molecule has 1 aromatic rings. The Balaban J connectivity index is 2.32. The highest BCUT2D eigenvalue weighted by molar-refractivity contribution is 5.74. The molecule has 1 amide bonds. The van der Waals surface area contributed by atoms with Crippen molar-refractivity contribution in [3.8, 4) is 0 Å². The maximum Gasteiger partial charge on any atom is 0.219 e. The number of aromatic nitrogens is 1. The minimum atomic E-state index is 0.144. The fraction of sp³-hybridized carbons (Fsp3) is 0.538. The number of hydrogen-bond acceptors (Lipinski definition) is 3. The first-order valence-electron chi connectivity index (χ1n) is 6.10. The first kappa shape index (κ1) is 11.9. The van der Waals surface area contributed by atoms with Crippen molar-refractivity contribution in [3.63, 3.8) is 0 Å². The second-order valence-corrected chi connectivity index (χ2v) is 4.63. The third-order valence-corrected chi connectivity index (χ3v) is 3.41. The van der Waals surface area contributed by atoms with Crippen LogP contribution in [0.1, 0.15) is 43.5 Å².